The molecular formula is C13H9F4NO3. The van der Waals surface area contributed by atoms with E-state index in [2.05, 4.69) is 0 Å². The number of hydrogen-bond donors (Lipinski definition) is 1. The third kappa shape index (κ3) is 2.74. The molecule has 1 amide bonds. The monoisotopic (exact) mass is 303 g/mol. The van der Waals surface area contributed by atoms with E-state index in [4.69, 9.17) is 5.11 Å². The lowest BCUT2D eigenvalue weighted by atomic mass is 10.1. The number of carbonyl (C=O) groups excluding carboxylic acids is 1. The summed E-state index contributed by atoms with van der Waals surface area (Å²) < 4.78 is 53.4. The quantitative estimate of drug-likeness (QED) is 0.530. The van der Waals surface area contributed by atoms with Crippen LogP contribution in [0.15, 0.2) is 23.3 Å². The molecule has 0 atom stereocenters. The van der Waals surface area contributed by atoms with Crippen molar-refractivity contribution in [2.24, 2.45) is 0 Å². The van der Waals surface area contributed by atoms with Crippen LogP contribution in [0.5, 0.6) is 0 Å². The molecule has 0 unspecified atom stereocenters. The molecule has 1 aromatic rings. The Morgan fingerprint density at radius 3 is 2.33 bits per heavy atom. The summed E-state index contributed by atoms with van der Waals surface area (Å²) in [5, 5.41) is 8.11. The molecule has 0 heterocycles. The van der Waals surface area contributed by atoms with Gasteiger partial charge in [-0.05, 0) is 19.3 Å². The molecule has 0 radical (unpaired) electrons. The van der Waals surface area contributed by atoms with Crippen LogP contribution in [0.2, 0.25) is 0 Å². The molecule has 4 nitrogen and oxygen atoms in total. The number of anilines is 1. The minimum atomic E-state index is -1.73. The van der Waals surface area contributed by atoms with Gasteiger partial charge in [-0.2, -0.15) is 0 Å². The van der Waals surface area contributed by atoms with Crippen molar-refractivity contribution in [2.75, 3.05) is 5.12 Å². The standard InChI is InChI=1S/C13H9F4NO3/c14-6-4-9(15)11(16)10(5-6)18(17)12(19)7-2-1-3-8(7)13(20)21/h4-5H,1-3H2,(H,20,21). The van der Waals surface area contributed by atoms with E-state index in [0.717, 1.165) is 0 Å². The third-order valence-corrected chi connectivity index (χ3v) is 3.10. The van der Waals surface area contributed by atoms with Gasteiger partial charge in [-0.3, -0.25) is 4.79 Å². The molecule has 0 spiro atoms. The molecule has 21 heavy (non-hydrogen) atoms. The zero-order valence-electron chi connectivity index (χ0n) is 10.5. The van der Waals surface area contributed by atoms with Gasteiger partial charge in [0.2, 0.25) is 0 Å². The van der Waals surface area contributed by atoms with E-state index in [1.807, 2.05) is 0 Å². The van der Waals surface area contributed by atoms with E-state index < -0.39 is 40.1 Å². The molecule has 1 N–H and O–H groups in total. The topological polar surface area (TPSA) is 57.6 Å². The maximum atomic E-state index is 13.9. The van der Waals surface area contributed by atoms with Crippen LogP contribution in [0.3, 0.4) is 0 Å². The summed E-state index contributed by atoms with van der Waals surface area (Å²) in [7, 11) is 0. The Bertz CT molecular complexity index is 657. The normalized spacial score (nSPS) is 14.5. The Labute approximate surface area is 116 Å². The zero-order valence-corrected chi connectivity index (χ0v) is 10.5. The van der Waals surface area contributed by atoms with Crippen LogP contribution in [0.1, 0.15) is 19.3 Å². The molecule has 0 aromatic heterocycles. The first-order valence-electron chi connectivity index (χ1n) is 5.93. The Kier molecular flexibility index (Phi) is 3.97. The summed E-state index contributed by atoms with van der Waals surface area (Å²) >= 11 is 0. The fourth-order valence-electron chi connectivity index (χ4n) is 2.13. The van der Waals surface area contributed by atoms with Gasteiger partial charge in [0.15, 0.2) is 11.6 Å². The van der Waals surface area contributed by atoms with Gasteiger partial charge in [-0.1, -0.05) is 4.48 Å². The van der Waals surface area contributed by atoms with Gasteiger partial charge in [0.1, 0.15) is 11.5 Å². The molecule has 2 rings (SSSR count). The van der Waals surface area contributed by atoms with Crippen molar-refractivity contribution in [3.05, 3.63) is 40.7 Å². The van der Waals surface area contributed by atoms with E-state index in [1.54, 1.807) is 0 Å². The van der Waals surface area contributed by atoms with Crippen molar-refractivity contribution < 1.29 is 32.3 Å². The summed E-state index contributed by atoms with van der Waals surface area (Å²) in [6.45, 7) is 0. The number of nitrogens with zero attached hydrogens (tertiary/aromatic N) is 1. The van der Waals surface area contributed by atoms with Gasteiger partial charge < -0.3 is 5.11 Å². The molecule has 1 aliphatic carbocycles. The number of rotatable bonds is 3. The van der Waals surface area contributed by atoms with E-state index >= 15 is 0 Å². The largest absolute Gasteiger partial charge is 0.478 e. The van der Waals surface area contributed by atoms with Crippen molar-refractivity contribution in [3.63, 3.8) is 0 Å². The van der Waals surface area contributed by atoms with Crippen LogP contribution in [0.25, 0.3) is 0 Å². The highest BCUT2D eigenvalue weighted by Gasteiger charge is 2.31. The second kappa shape index (κ2) is 5.55. The lowest BCUT2D eigenvalue weighted by Crippen LogP contribution is -2.26. The average Bonchev–Trinajstić information content (AvgIpc) is 2.90. The minimum absolute atomic E-state index is 0.000301. The van der Waals surface area contributed by atoms with E-state index in [9.17, 15) is 27.2 Å². The van der Waals surface area contributed by atoms with Gasteiger partial charge in [-0.15, -0.1) is 5.12 Å². The molecule has 0 aliphatic heterocycles. The first kappa shape index (κ1) is 15.0. The van der Waals surface area contributed by atoms with Crippen LogP contribution < -0.4 is 5.12 Å². The van der Waals surface area contributed by atoms with Crippen LogP contribution in [-0.2, 0) is 9.59 Å². The minimum Gasteiger partial charge on any atom is -0.478 e. The van der Waals surface area contributed by atoms with Gasteiger partial charge in [-0.25, -0.2) is 18.0 Å². The molecule has 0 saturated carbocycles. The first-order chi connectivity index (χ1) is 9.82. The smallest absolute Gasteiger partial charge is 0.332 e. The maximum Gasteiger partial charge on any atom is 0.332 e. The van der Waals surface area contributed by atoms with Crippen molar-refractivity contribution in [1.29, 1.82) is 0 Å². The number of carboxylic acids is 1. The number of hydrogen-bond acceptors (Lipinski definition) is 2. The molecule has 0 bridgehead atoms. The number of halogens is 4. The summed E-state index contributed by atoms with van der Waals surface area (Å²) in [6, 6.07) is 0.515. The third-order valence-electron chi connectivity index (χ3n) is 3.10. The molecule has 1 aliphatic rings. The SMILES string of the molecule is O=C(O)C1=C(C(=O)N(F)c2cc(F)cc(F)c2F)CCC1. The number of amides is 1. The van der Waals surface area contributed by atoms with Crippen molar-refractivity contribution in [2.45, 2.75) is 19.3 Å². The highest BCUT2D eigenvalue weighted by atomic mass is 19.2. The molecule has 1 aromatic carbocycles. The van der Waals surface area contributed by atoms with E-state index in [1.165, 1.54) is 0 Å². The first-order valence-corrected chi connectivity index (χ1v) is 5.93. The number of carboxylic acid groups (broad SMARTS) is 1. The van der Waals surface area contributed by atoms with Crippen molar-refractivity contribution >= 4 is 17.6 Å². The van der Waals surface area contributed by atoms with Crippen molar-refractivity contribution in [3.8, 4) is 0 Å². The Morgan fingerprint density at radius 2 is 1.71 bits per heavy atom. The van der Waals surface area contributed by atoms with Crippen LogP contribution >= 0.6 is 0 Å². The zero-order chi connectivity index (χ0) is 15.7. The summed E-state index contributed by atoms with van der Waals surface area (Å²) in [4.78, 5) is 22.8. The lowest BCUT2D eigenvalue weighted by molar-refractivity contribution is -0.133. The van der Waals surface area contributed by atoms with Gasteiger partial charge in [0, 0.05) is 23.3 Å². The Balaban J connectivity index is 2.41. The number of carbonyl (C=O) groups is 2. The predicted octanol–water partition coefficient (Wildman–Crippen LogP) is 2.89. The highest BCUT2D eigenvalue weighted by molar-refractivity contribution is 6.09. The summed E-state index contributed by atoms with van der Waals surface area (Å²) in [5.74, 6) is -7.47. The van der Waals surface area contributed by atoms with Crippen molar-refractivity contribution in [1.82, 2.24) is 0 Å². The molecule has 112 valence electrons. The molecular weight excluding hydrogens is 294 g/mol. The van der Waals surface area contributed by atoms with Gasteiger partial charge >= 0.3 is 5.97 Å². The summed E-state index contributed by atoms with van der Waals surface area (Å²) in [6.07, 6.45) is 0.404. The predicted molar refractivity (Wildman–Crippen MR) is 63.4 cm³/mol. The van der Waals surface area contributed by atoms with Gasteiger partial charge in [0.05, 0.1) is 0 Å². The molecule has 0 saturated heterocycles. The fraction of sp³-hybridized carbons (Fsp3) is 0.231. The summed E-state index contributed by atoms with van der Waals surface area (Å²) in [5.41, 5.74) is -1.85. The fourth-order valence-corrected chi connectivity index (χ4v) is 2.13. The number of aliphatic carboxylic acids is 1. The maximum absolute atomic E-state index is 13.9. The molecule has 8 heteroatoms. The Hall–Kier alpha value is -2.38. The van der Waals surface area contributed by atoms with E-state index in [0.29, 0.717) is 12.5 Å². The van der Waals surface area contributed by atoms with Gasteiger partial charge in [0.25, 0.3) is 5.91 Å². The lowest BCUT2D eigenvalue weighted by Gasteiger charge is -2.14. The second-order valence-corrected chi connectivity index (χ2v) is 4.42. The average molecular weight is 303 g/mol. The second-order valence-electron chi connectivity index (χ2n) is 4.42. The number of benzene rings is 1. The van der Waals surface area contributed by atoms with Crippen LogP contribution in [0, 0.1) is 17.5 Å². The Morgan fingerprint density at radius 1 is 1.10 bits per heavy atom. The highest BCUT2D eigenvalue weighted by Crippen LogP contribution is 2.31. The molecule has 0 fully saturated rings. The van der Waals surface area contributed by atoms with Crippen LogP contribution in [0.4, 0.5) is 23.3 Å². The van der Waals surface area contributed by atoms with Crippen LogP contribution in [-0.4, -0.2) is 17.0 Å². The van der Waals surface area contributed by atoms with E-state index in [-0.39, 0.29) is 30.1 Å².